The summed E-state index contributed by atoms with van der Waals surface area (Å²) in [6.45, 7) is 15.2. The summed E-state index contributed by atoms with van der Waals surface area (Å²) in [7, 11) is 0. The molecule has 2 amide bonds. The van der Waals surface area contributed by atoms with Crippen molar-refractivity contribution < 1.29 is 4.79 Å². The summed E-state index contributed by atoms with van der Waals surface area (Å²) in [4.78, 5) is 21.4. The van der Waals surface area contributed by atoms with E-state index in [0.29, 0.717) is 12.6 Å². The van der Waals surface area contributed by atoms with Gasteiger partial charge >= 0.3 is 6.03 Å². The lowest BCUT2D eigenvalue weighted by Gasteiger charge is -2.21. The predicted octanol–water partition coefficient (Wildman–Crippen LogP) is 3.88. The number of carbonyl (C=O) groups excluding carboxylic acids is 1. The Kier molecular flexibility index (Phi) is 11.2. The topological polar surface area (TPSA) is 72.0 Å². The maximum Gasteiger partial charge on any atom is 0.321 e. The number of benzene rings is 1. The summed E-state index contributed by atoms with van der Waals surface area (Å²) >= 11 is 0. The van der Waals surface area contributed by atoms with Crippen LogP contribution < -0.4 is 16.0 Å². The van der Waals surface area contributed by atoms with Crippen LogP contribution in [0.5, 0.6) is 0 Å². The van der Waals surface area contributed by atoms with Gasteiger partial charge in [0.05, 0.1) is 6.54 Å². The Balaban J connectivity index is 1.86. The van der Waals surface area contributed by atoms with Crippen LogP contribution in [0.4, 0.5) is 10.5 Å². The zero-order valence-corrected chi connectivity index (χ0v) is 19.9. The van der Waals surface area contributed by atoms with Crippen molar-refractivity contribution in [3.8, 4) is 0 Å². The largest absolute Gasteiger partial charge is 0.357 e. The van der Waals surface area contributed by atoms with E-state index in [9.17, 15) is 4.79 Å². The van der Waals surface area contributed by atoms with Gasteiger partial charge in [-0.3, -0.25) is 0 Å². The third-order valence-corrected chi connectivity index (χ3v) is 5.72. The monoisotopic (exact) mass is 430 g/mol. The van der Waals surface area contributed by atoms with E-state index in [1.807, 2.05) is 29.2 Å². The molecule has 174 valence electrons. The summed E-state index contributed by atoms with van der Waals surface area (Å²) in [6.07, 6.45) is 4.47. The fourth-order valence-electron chi connectivity index (χ4n) is 3.83. The average molecular weight is 431 g/mol. The number of hydrogen-bond acceptors (Lipinski definition) is 3. The van der Waals surface area contributed by atoms with E-state index >= 15 is 0 Å². The molecule has 1 aliphatic heterocycles. The van der Waals surface area contributed by atoms with E-state index in [1.165, 1.54) is 6.42 Å². The molecule has 31 heavy (non-hydrogen) atoms. The average Bonchev–Trinajstić information content (AvgIpc) is 3.31. The zero-order valence-electron chi connectivity index (χ0n) is 19.9. The summed E-state index contributed by atoms with van der Waals surface area (Å²) < 4.78 is 0. The van der Waals surface area contributed by atoms with Crippen LogP contribution >= 0.6 is 0 Å². The smallest absolute Gasteiger partial charge is 0.321 e. The number of nitrogens with zero attached hydrogens (tertiary/aromatic N) is 3. The number of rotatable bonds is 11. The molecule has 1 saturated heterocycles. The minimum absolute atomic E-state index is 0.00769. The maximum atomic E-state index is 12.3. The van der Waals surface area contributed by atoms with Crippen molar-refractivity contribution in [1.82, 2.24) is 20.4 Å². The highest BCUT2D eigenvalue weighted by atomic mass is 16.2. The second kappa shape index (κ2) is 13.9. The molecule has 0 aromatic heterocycles. The Bertz CT molecular complexity index is 682. The summed E-state index contributed by atoms with van der Waals surface area (Å²) in [5.74, 6) is 0.837. The molecule has 1 aromatic rings. The number of nitrogens with one attached hydrogen (secondary N) is 3. The molecular weight excluding hydrogens is 388 g/mol. The number of aliphatic imine (C=N–C) groups is 1. The summed E-state index contributed by atoms with van der Waals surface area (Å²) in [5, 5.41) is 9.88. The molecule has 2 rings (SSSR count). The van der Waals surface area contributed by atoms with Gasteiger partial charge in [-0.2, -0.15) is 0 Å². The van der Waals surface area contributed by atoms with Crippen molar-refractivity contribution >= 4 is 17.7 Å². The second-order valence-corrected chi connectivity index (χ2v) is 8.23. The number of amides is 2. The van der Waals surface area contributed by atoms with Gasteiger partial charge in [0.2, 0.25) is 0 Å². The van der Waals surface area contributed by atoms with E-state index in [-0.39, 0.29) is 6.03 Å². The fourth-order valence-corrected chi connectivity index (χ4v) is 3.83. The molecule has 7 nitrogen and oxygen atoms in total. The fraction of sp³-hybridized carbons (Fsp3) is 0.667. The van der Waals surface area contributed by atoms with Gasteiger partial charge < -0.3 is 25.8 Å². The molecule has 1 atom stereocenters. The number of carbonyl (C=O) groups is 1. The molecule has 7 heteroatoms. The van der Waals surface area contributed by atoms with Crippen LogP contribution in [0.3, 0.4) is 0 Å². The molecule has 1 fully saturated rings. The third-order valence-electron chi connectivity index (χ3n) is 5.72. The van der Waals surface area contributed by atoms with Crippen molar-refractivity contribution in [2.45, 2.75) is 66.0 Å². The van der Waals surface area contributed by atoms with Gasteiger partial charge in [-0.1, -0.05) is 26.0 Å². The normalized spacial score (nSPS) is 15.3. The molecule has 1 unspecified atom stereocenters. The Morgan fingerprint density at radius 3 is 2.61 bits per heavy atom. The lowest BCUT2D eigenvalue weighted by Crippen LogP contribution is -2.42. The van der Waals surface area contributed by atoms with Gasteiger partial charge in [0.25, 0.3) is 0 Å². The number of hydrogen-bond donors (Lipinski definition) is 3. The van der Waals surface area contributed by atoms with E-state index in [1.54, 1.807) is 0 Å². The molecule has 1 aromatic carbocycles. The highest BCUT2D eigenvalue weighted by molar-refractivity contribution is 5.89. The van der Waals surface area contributed by atoms with Crippen LogP contribution in [0.25, 0.3) is 0 Å². The van der Waals surface area contributed by atoms with Crippen LogP contribution in [0.1, 0.15) is 58.9 Å². The zero-order chi connectivity index (χ0) is 22.5. The van der Waals surface area contributed by atoms with Crippen LogP contribution in [0.15, 0.2) is 29.3 Å². The lowest BCUT2D eigenvalue weighted by molar-refractivity contribution is 0.222. The van der Waals surface area contributed by atoms with E-state index < -0.39 is 0 Å². The van der Waals surface area contributed by atoms with E-state index in [0.717, 1.165) is 75.7 Å². The quantitative estimate of drug-likeness (QED) is 0.368. The molecule has 0 bridgehead atoms. The van der Waals surface area contributed by atoms with Gasteiger partial charge in [-0.05, 0) is 76.9 Å². The van der Waals surface area contributed by atoms with Crippen molar-refractivity contribution in [3.63, 3.8) is 0 Å². The number of urea groups is 1. The Morgan fingerprint density at radius 2 is 1.94 bits per heavy atom. The standard InChI is InChI=1S/C24H42N6O/c1-5-25-23(27-20(4)12-11-15-29(6-2)7-3)26-19-21-13-10-14-22(18-21)28-24(31)30-16-8-9-17-30/h10,13-14,18,20H,5-9,11-12,15-17,19H2,1-4H3,(H,28,31)(H2,25,26,27). The first-order valence-corrected chi connectivity index (χ1v) is 12.0. The first-order chi connectivity index (χ1) is 15.0. The SMILES string of the molecule is CCNC(=NCc1cccc(NC(=O)N2CCCC2)c1)NC(C)CCCN(CC)CC. The highest BCUT2D eigenvalue weighted by Gasteiger charge is 2.17. The molecule has 0 radical (unpaired) electrons. The first-order valence-electron chi connectivity index (χ1n) is 12.0. The van der Waals surface area contributed by atoms with Crippen molar-refractivity contribution in [1.29, 1.82) is 0 Å². The lowest BCUT2D eigenvalue weighted by atomic mass is 10.2. The molecule has 1 aliphatic rings. The number of guanidine groups is 1. The van der Waals surface area contributed by atoms with Gasteiger partial charge in [0.1, 0.15) is 0 Å². The second-order valence-electron chi connectivity index (χ2n) is 8.23. The molecule has 3 N–H and O–H groups in total. The van der Waals surface area contributed by atoms with Gasteiger partial charge in [0, 0.05) is 31.4 Å². The molecule has 1 heterocycles. The third kappa shape index (κ3) is 9.17. The summed E-state index contributed by atoms with van der Waals surface area (Å²) in [6, 6.07) is 8.32. The van der Waals surface area contributed by atoms with E-state index in [2.05, 4.69) is 48.5 Å². The Hall–Kier alpha value is -2.28. The Morgan fingerprint density at radius 1 is 1.19 bits per heavy atom. The number of likely N-dealkylation sites (tertiary alicyclic amines) is 1. The summed E-state index contributed by atoms with van der Waals surface area (Å²) in [5.41, 5.74) is 1.90. The molecule has 0 aliphatic carbocycles. The van der Waals surface area contributed by atoms with Crippen molar-refractivity contribution in [2.24, 2.45) is 4.99 Å². The highest BCUT2D eigenvalue weighted by Crippen LogP contribution is 2.14. The molecule has 0 saturated carbocycles. The van der Waals surface area contributed by atoms with Crippen LogP contribution in [0, 0.1) is 0 Å². The van der Waals surface area contributed by atoms with E-state index in [4.69, 9.17) is 4.99 Å². The van der Waals surface area contributed by atoms with Gasteiger partial charge in [0.15, 0.2) is 5.96 Å². The van der Waals surface area contributed by atoms with Crippen LogP contribution in [-0.4, -0.2) is 67.1 Å². The maximum absolute atomic E-state index is 12.3. The Labute approximate surface area is 188 Å². The molecular formula is C24H42N6O. The van der Waals surface area contributed by atoms with Crippen molar-refractivity contribution in [3.05, 3.63) is 29.8 Å². The first kappa shape index (κ1) is 25.0. The predicted molar refractivity (Wildman–Crippen MR) is 131 cm³/mol. The van der Waals surface area contributed by atoms with Gasteiger partial charge in [-0.15, -0.1) is 0 Å². The van der Waals surface area contributed by atoms with Crippen molar-refractivity contribution in [2.75, 3.05) is 44.6 Å². The van der Waals surface area contributed by atoms with Gasteiger partial charge in [-0.25, -0.2) is 9.79 Å². The minimum atomic E-state index is -0.00769. The minimum Gasteiger partial charge on any atom is -0.357 e. The number of anilines is 1. The van der Waals surface area contributed by atoms with Crippen LogP contribution in [-0.2, 0) is 6.54 Å². The van der Waals surface area contributed by atoms with Crippen LogP contribution in [0.2, 0.25) is 0 Å². The molecule has 0 spiro atoms.